The van der Waals surface area contributed by atoms with Gasteiger partial charge in [0.2, 0.25) is 11.8 Å². The molecule has 0 unspecified atom stereocenters. The van der Waals surface area contributed by atoms with E-state index in [2.05, 4.69) is 5.32 Å². The molecular formula is C37H42ClN3O4S. The lowest BCUT2D eigenvalue weighted by Gasteiger charge is -2.34. The summed E-state index contributed by atoms with van der Waals surface area (Å²) in [6.45, 7) is 7.85. The average molecular weight is 660 g/mol. The summed E-state index contributed by atoms with van der Waals surface area (Å²) in [6.07, 6.45) is 0.813. The molecule has 0 aliphatic carbocycles. The summed E-state index contributed by atoms with van der Waals surface area (Å²) >= 11 is 6.17. The van der Waals surface area contributed by atoms with Crippen LogP contribution in [0.25, 0.3) is 0 Å². The third-order valence-corrected chi connectivity index (χ3v) is 9.78. The lowest BCUT2D eigenvalue weighted by molar-refractivity contribution is -0.140. The number of hydrogen-bond donors (Lipinski definition) is 1. The minimum absolute atomic E-state index is 0.0798. The molecule has 9 heteroatoms. The smallest absolute Gasteiger partial charge is 0.264 e. The second-order valence-corrected chi connectivity index (χ2v) is 14.1. The first-order chi connectivity index (χ1) is 22.0. The Balaban J connectivity index is 1.82. The number of carbonyl (C=O) groups is 2. The highest BCUT2D eigenvalue weighted by atomic mass is 35.5. The summed E-state index contributed by atoms with van der Waals surface area (Å²) in [4.78, 5) is 30.1. The van der Waals surface area contributed by atoms with Gasteiger partial charge in [0.1, 0.15) is 12.6 Å². The van der Waals surface area contributed by atoms with E-state index >= 15 is 0 Å². The van der Waals surface area contributed by atoms with Gasteiger partial charge in [0.15, 0.2) is 0 Å². The summed E-state index contributed by atoms with van der Waals surface area (Å²) < 4.78 is 29.8. The number of nitrogens with one attached hydrogen (secondary N) is 1. The largest absolute Gasteiger partial charge is 0.354 e. The number of rotatable bonds is 14. The predicted molar refractivity (Wildman–Crippen MR) is 185 cm³/mol. The Kier molecular flexibility index (Phi) is 12.0. The molecule has 0 radical (unpaired) electrons. The molecule has 0 spiro atoms. The molecule has 4 rings (SSSR count). The molecule has 0 bridgehead atoms. The maximum absolute atomic E-state index is 14.6. The zero-order valence-electron chi connectivity index (χ0n) is 26.8. The van der Waals surface area contributed by atoms with Crippen LogP contribution in [0.5, 0.6) is 0 Å². The van der Waals surface area contributed by atoms with Gasteiger partial charge in [-0.05, 0) is 66.3 Å². The lowest BCUT2D eigenvalue weighted by atomic mass is 10.0. The molecule has 0 aromatic heterocycles. The van der Waals surface area contributed by atoms with Crippen LogP contribution >= 0.6 is 11.6 Å². The number of benzene rings is 4. The second-order valence-electron chi connectivity index (χ2n) is 11.8. The van der Waals surface area contributed by atoms with E-state index in [1.165, 1.54) is 9.21 Å². The zero-order valence-corrected chi connectivity index (χ0v) is 28.4. The van der Waals surface area contributed by atoms with Crippen molar-refractivity contribution in [3.63, 3.8) is 0 Å². The van der Waals surface area contributed by atoms with E-state index in [9.17, 15) is 18.0 Å². The fourth-order valence-corrected chi connectivity index (χ4v) is 6.74. The Morgan fingerprint density at radius 3 is 2.09 bits per heavy atom. The van der Waals surface area contributed by atoms with Gasteiger partial charge < -0.3 is 10.2 Å². The number of halogens is 1. The van der Waals surface area contributed by atoms with Crippen LogP contribution in [0, 0.1) is 12.8 Å². The third-order valence-electron chi connectivity index (χ3n) is 7.75. The topological polar surface area (TPSA) is 86.8 Å². The van der Waals surface area contributed by atoms with Gasteiger partial charge in [-0.15, -0.1) is 0 Å². The van der Waals surface area contributed by atoms with Crippen molar-refractivity contribution in [3.05, 3.63) is 130 Å². The van der Waals surface area contributed by atoms with Crippen LogP contribution in [0.1, 0.15) is 43.0 Å². The number of anilines is 1. The molecule has 2 amide bonds. The van der Waals surface area contributed by atoms with E-state index in [1.54, 1.807) is 60.7 Å². The summed E-state index contributed by atoms with van der Waals surface area (Å²) in [5.74, 6) is -0.610. The van der Waals surface area contributed by atoms with Crippen molar-refractivity contribution in [1.29, 1.82) is 0 Å². The molecule has 242 valence electrons. The maximum atomic E-state index is 14.6. The van der Waals surface area contributed by atoms with Crippen LogP contribution in [-0.4, -0.2) is 44.3 Å². The van der Waals surface area contributed by atoms with Crippen molar-refractivity contribution >= 4 is 39.1 Å². The van der Waals surface area contributed by atoms with Crippen LogP contribution in [0.2, 0.25) is 5.02 Å². The Hall–Kier alpha value is -4.14. The molecule has 0 saturated carbocycles. The van der Waals surface area contributed by atoms with Gasteiger partial charge in [0.25, 0.3) is 10.0 Å². The number of aryl methyl sites for hydroxylation is 2. The van der Waals surface area contributed by atoms with Crippen LogP contribution in [-0.2, 0) is 39.0 Å². The van der Waals surface area contributed by atoms with Crippen LogP contribution in [0.15, 0.2) is 108 Å². The van der Waals surface area contributed by atoms with E-state index < -0.39 is 28.5 Å². The molecule has 1 N–H and O–H groups in total. The maximum Gasteiger partial charge on any atom is 0.264 e. The predicted octanol–water partition coefficient (Wildman–Crippen LogP) is 6.82. The Bertz CT molecular complexity index is 1710. The van der Waals surface area contributed by atoms with E-state index in [1.807, 2.05) is 70.2 Å². The Morgan fingerprint density at radius 2 is 1.46 bits per heavy atom. The van der Waals surface area contributed by atoms with Crippen LogP contribution in [0.3, 0.4) is 0 Å². The van der Waals surface area contributed by atoms with Crippen molar-refractivity contribution < 1.29 is 18.0 Å². The SMILES string of the molecule is CCc1ccccc1N(CC(=O)N(Cc1ccc(Cl)cc1)[C@@H](Cc1ccccc1)C(=O)NCC(C)C)S(=O)(=O)c1ccc(C)cc1. The van der Waals surface area contributed by atoms with Crippen molar-refractivity contribution in [2.45, 2.75) is 58.0 Å². The standard InChI is InChI=1S/C37H42ClN3O4S/c1-5-31-13-9-10-14-34(31)41(46(44,45)33-21-15-28(4)16-22-33)26-36(42)40(25-30-17-19-32(38)20-18-30)35(37(43)39-24-27(2)3)23-29-11-7-6-8-12-29/h6-22,27,35H,5,23-26H2,1-4H3,(H,39,43)/t35-/m0/s1. The minimum atomic E-state index is -4.17. The van der Waals surface area contributed by atoms with Crippen LogP contribution < -0.4 is 9.62 Å². The molecule has 4 aromatic rings. The number of nitrogens with zero attached hydrogens (tertiary/aromatic N) is 2. The monoisotopic (exact) mass is 659 g/mol. The van der Waals surface area contributed by atoms with E-state index in [-0.39, 0.29) is 29.7 Å². The number of sulfonamides is 1. The van der Waals surface area contributed by atoms with Gasteiger partial charge >= 0.3 is 0 Å². The molecule has 0 saturated heterocycles. The molecule has 0 heterocycles. The summed E-state index contributed by atoms with van der Waals surface area (Å²) in [7, 11) is -4.17. The minimum Gasteiger partial charge on any atom is -0.354 e. The summed E-state index contributed by atoms with van der Waals surface area (Å²) in [6, 6.07) is 29.5. The summed E-state index contributed by atoms with van der Waals surface area (Å²) in [5.41, 5.74) is 3.76. The summed E-state index contributed by atoms with van der Waals surface area (Å²) in [5, 5.41) is 3.56. The van der Waals surface area contributed by atoms with Crippen molar-refractivity contribution in [2.75, 3.05) is 17.4 Å². The van der Waals surface area contributed by atoms with Crippen LogP contribution in [0.4, 0.5) is 5.69 Å². The fourth-order valence-electron chi connectivity index (χ4n) is 5.17. The molecule has 4 aromatic carbocycles. The fraction of sp³-hybridized carbons (Fsp3) is 0.297. The molecular weight excluding hydrogens is 618 g/mol. The highest BCUT2D eigenvalue weighted by Crippen LogP contribution is 2.29. The van der Waals surface area contributed by atoms with Gasteiger partial charge in [0, 0.05) is 24.5 Å². The molecule has 0 fully saturated rings. The molecule has 7 nitrogen and oxygen atoms in total. The van der Waals surface area contributed by atoms with Crippen molar-refractivity contribution in [1.82, 2.24) is 10.2 Å². The van der Waals surface area contributed by atoms with Crippen molar-refractivity contribution in [3.8, 4) is 0 Å². The Morgan fingerprint density at radius 1 is 0.826 bits per heavy atom. The van der Waals surface area contributed by atoms with E-state index in [4.69, 9.17) is 11.6 Å². The van der Waals surface area contributed by atoms with E-state index in [0.717, 1.165) is 22.3 Å². The average Bonchev–Trinajstić information content (AvgIpc) is 3.05. The van der Waals surface area contributed by atoms with Gasteiger partial charge in [-0.1, -0.05) is 111 Å². The number of hydrogen-bond acceptors (Lipinski definition) is 4. The third kappa shape index (κ3) is 8.98. The van der Waals surface area contributed by atoms with Gasteiger partial charge in [-0.2, -0.15) is 0 Å². The number of carbonyl (C=O) groups excluding carboxylic acids is 2. The first kappa shape index (κ1) is 34.7. The first-order valence-corrected chi connectivity index (χ1v) is 17.3. The highest BCUT2D eigenvalue weighted by molar-refractivity contribution is 7.92. The van der Waals surface area contributed by atoms with Crippen molar-refractivity contribution in [2.24, 2.45) is 5.92 Å². The lowest BCUT2D eigenvalue weighted by Crippen LogP contribution is -2.53. The van der Waals surface area contributed by atoms with Gasteiger partial charge in [-0.3, -0.25) is 13.9 Å². The molecule has 0 aliphatic heterocycles. The van der Waals surface area contributed by atoms with E-state index in [0.29, 0.717) is 23.7 Å². The quantitative estimate of drug-likeness (QED) is 0.161. The number of para-hydroxylation sites is 1. The molecule has 46 heavy (non-hydrogen) atoms. The Labute approximate surface area is 278 Å². The highest BCUT2D eigenvalue weighted by Gasteiger charge is 2.35. The zero-order chi connectivity index (χ0) is 33.3. The molecule has 1 atom stereocenters. The molecule has 0 aliphatic rings. The van der Waals surface area contributed by atoms with Gasteiger partial charge in [0.05, 0.1) is 10.6 Å². The number of amides is 2. The van der Waals surface area contributed by atoms with Gasteiger partial charge in [-0.25, -0.2) is 8.42 Å². The first-order valence-electron chi connectivity index (χ1n) is 15.5. The normalized spacial score (nSPS) is 12.0. The second kappa shape index (κ2) is 15.9.